The van der Waals surface area contributed by atoms with Crippen molar-refractivity contribution in [2.45, 2.75) is 133 Å². The first-order chi connectivity index (χ1) is 23.6. The van der Waals surface area contributed by atoms with Crippen molar-refractivity contribution in [2.24, 2.45) is 5.92 Å². The third kappa shape index (κ3) is 9.60. The lowest BCUT2D eigenvalue weighted by Gasteiger charge is -2.30. The number of rotatable bonds is 7. The van der Waals surface area contributed by atoms with Crippen LogP contribution in [0, 0.1) is 11.7 Å². The molecular weight excluding hydrogens is 675 g/mol. The van der Waals surface area contributed by atoms with Gasteiger partial charge in [-0.3, -0.25) is 24.1 Å². The fourth-order valence-electron chi connectivity index (χ4n) is 6.57. The number of fused-ring (bicyclic) bond motifs is 2. The summed E-state index contributed by atoms with van der Waals surface area (Å²) in [6.07, 6.45) is 4.12. The van der Waals surface area contributed by atoms with Gasteiger partial charge in [0.05, 0.1) is 30.2 Å². The van der Waals surface area contributed by atoms with Crippen LogP contribution in [-0.2, 0) is 40.4 Å². The largest absolute Gasteiger partial charge is 0.444 e. The first-order valence-electron chi connectivity index (χ1n) is 17.3. The number of aromatic nitrogens is 1. The van der Waals surface area contributed by atoms with E-state index in [-0.39, 0.29) is 38.3 Å². The summed E-state index contributed by atoms with van der Waals surface area (Å²) >= 11 is 0. The quantitative estimate of drug-likeness (QED) is 0.324. The summed E-state index contributed by atoms with van der Waals surface area (Å²) in [4.78, 5) is 72.5. The van der Waals surface area contributed by atoms with Crippen molar-refractivity contribution in [3.05, 3.63) is 29.8 Å². The number of carbonyl (C=O) groups is 5. The molecule has 5 atom stereocenters. The maximum atomic E-state index is 14.2. The van der Waals surface area contributed by atoms with E-state index in [0.717, 1.165) is 31.9 Å². The van der Waals surface area contributed by atoms with E-state index in [1.54, 1.807) is 20.8 Å². The van der Waals surface area contributed by atoms with Crippen LogP contribution in [0.2, 0.25) is 0 Å². The lowest BCUT2D eigenvalue weighted by Crippen LogP contribution is -2.58. The Kier molecular flexibility index (Phi) is 11.2. The van der Waals surface area contributed by atoms with Crippen molar-refractivity contribution < 1.29 is 46.3 Å². The van der Waals surface area contributed by atoms with Crippen molar-refractivity contribution in [1.29, 1.82) is 0 Å². The highest BCUT2D eigenvalue weighted by atomic mass is 32.2. The fourth-order valence-corrected chi connectivity index (χ4v) is 7.93. The van der Waals surface area contributed by atoms with Crippen LogP contribution < -0.4 is 20.7 Å². The molecule has 4 aliphatic rings. The molecule has 1 aromatic heterocycles. The zero-order valence-corrected chi connectivity index (χ0v) is 29.5. The van der Waals surface area contributed by atoms with E-state index < -0.39 is 80.3 Å². The third-order valence-electron chi connectivity index (χ3n) is 9.41. The summed E-state index contributed by atoms with van der Waals surface area (Å²) < 4.78 is 51.8. The number of sulfonamides is 1. The average molecular weight is 723 g/mol. The van der Waals surface area contributed by atoms with E-state index in [1.807, 2.05) is 0 Å². The van der Waals surface area contributed by atoms with Crippen molar-refractivity contribution in [2.75, 3.05) is 6.54 Å². The normalized spacial score (nSPS) is 27.7. The van der Waals surface area contributed by atoms with E-state index in [9.17, 15) is 36.8 Å². The van der Waals surface area contributed by atoms with Crippen molar-refractivity contribution in [3.8, 4) is 0 Å². The first-order valence-corrected chi connectivity index (χ1v) is 18.8. The zero-order valence-electron chi connectivity index (χ0n) is 28.7. The number of ether oxygens (including phenoxy) is 2. The molecule has 3 heterocycles. The number of alkyl carbamates (subject to hydrolysis) is 2. The molecule has 2 saturated heterocycles. The van der Waals surface area contributed by atoms with E-state index >= 15 is 0 Å². The molecule has 1 aromatic rings. The van der Waals surface area contributed by atoms with E-state index in [2.05, 4.69) is 25.7 Å². The van der Waals surface area contributed by atoms with Gasteiger partial charge in [0, 0.05) is 6.42 Å². The lowest BCUT2D eigenvalue weighted by molar-refractivity contribution is -0.141. The topological polar surface area (TPSA) is 202 Å². The standard InChI is InChI=1S/C33H47FN6O9S/c1-32(2,3)49-31(45)37-25-10-8-6-4-5-7-9-20-16-33(20,29(43)39-50(46,47)24-13-14-24)38-27(41)26-15-23(19-40(26)28(25)42)48-30(44)36-18-22-12-11-21(34)17-35-22/h11-12,17,20,23-26H,4-10,13-16,18-19H2,1-3H3,(H,36,44)(H,37,45)(H,38,41)(H,39,43)/t20-,23-,25+,26+,33-/m1/s1. The highest BCUT2D eigenvalue weighted by Crippen LogP contribution is 2.48. The molecule has 0 unspecified atom stereocenters. The Hall–Kier alpha value is -4.02. The van der Waals surface area contributed by atoms with E-state index in [4.69, 9.17) is 9.47 Å². The summed E-state index contributed by atoms with van der Waals surface area (Å²) in [6.45, 7) is 4.82. The summed E-state index contributed by atoms with van der Waals surface area (Å²) in [5.41, 5.74) is -1.93. The second kappa shape index (κ2) is 15.1. The maximum Gasteiger partial charge on any atom is 0.408 e. The van der Waals surface area contributed by atoms with Crippen LogP contribution in [-0.4, -0.2) is 89.3 Å². The molecule has 0 aromatic carbocycles. The van der Waals surface area contributed by atoms with Crippen LogP contribution in [0.25, 0.3) is 0 Å². The zero-order chi connectivity index (χ0) is 36.3. The average Bonchev–Trinajstić information content (AvgIpc) is 3.95. The molecule has 2 saturated carbocycles. The van der Waals surface area contributed by atoms with Gasteiger partial charge in [-0.1, -0.05) is 32.1 Å². The van der Waals surface area contributed by atoms with Crippen LogP contribution in [0.15, 0.2) is 18.3 Å². The van der Waals surface area contributed by atoms with Crippen LogP contribution in [0.5, 0.6) is 0 Å². The van der Waals surface area contributed by atoms with Gasteiger partial charge in [0.25, 0.3) is 5.91 Å². The minimum Gasteiger partial charge on any atom is -0.444 e. The lowest BCUT2D eigenvalue weighted by atomic mass is 10.0. The van der Waals surface area contributed by atoms with Crippen molar-refractivity contribution >= 4 is 39.9 Å². The van der Waals surface area contributed by atoms with Crippen molar-refractivity contribution in [3.63, 3.8) is 0 Å². The number of pyridine rings is 1. The van der Waals surface area contributed by atoms with Crippen LogP contribution >= 0.6 is 0 Å². The second-order valence-corrected chi connectivity index (χ2v) is 16.6. The number of halogens is 1. The number of nitrogens with zero attached hydrogens (tertiary/aromatic N) is 2. The van der Waals surface area contributed by atoms with E-state index in [1.165, 1.54) is 17.0 Å². The summed E-state index contributed by atoms with van der Waals surface area (Å²) in [6, 6.07) is 0.327. The van der Waals surface area contributed by atoms with Crippen LogP contribution in [0.4, 0.5) is 14.0 Å². The summed E-state index contributed by atoms with van der Waals surface area (Å²) in [5, 5.41) is 7.35. The molecule has 15 nitrogen and oxygen atoms in total. The van der Waals surface area contributed by atoms with Gasteiger partial charge in [0.1, 0.15) is 35.1 Å². The van der Waals surface area contributed by atoms with Gasteiger partial charge in [0.2, 0.25) is 21.8 Å². The van der Waals surface area contributed by atoms with Crippen LogP contribution in [0.3, 0.4) is 0 Å². The summed E-state index contributed by atoms with van der Waals surface area (Å²) in [7, 11) is -3.89. The third-order valence-corrected chi connectivity index (χ3v) is 11.2. The smallest absolute Gasteiger partial charge is 0.408 e. The Morgan fingerprint density at radius 1 is 1.04 bits per heavy atom. The fraction of sp³-hybridized carbons (Fsp3) is 0.697. The minimum absolute atomic E-state index is 0.0664. The van der Waals surface area contributed by atoms with Crippen LogP contribution in [0.1, 0.15) is 97.1 Å². The molecule has 50 heavy (non-hydrogen) atoms. The number of amides is 5. The first kappa shape index (κ1) is 37.2. The molecular formula is C33H47FN6O9S. The predicted molar refractivity (Wildman–Crippen MR) is 176 cm³/mol. The van der Waals surface area contributed by atoms with Crippen molar-refractivity contribution in [1.82, 2.24) is 30.6 Å². The second-order valence-electron chi connectivity index (χ2n) is 14.7. The van der Waals surface area contributed by atoms with Gasteiger partial charge in [-0.25, -0.2) is 22.4 Å². The van der Waals surface area contributed by atoms with Gasteiger partial charge >= 0.3 is 12.2 Å². The summed E-state index contributed by atoms with van der Waals surface area (Å²) in [5.74, 6) is -2.91. The van der Waals surface area contributed by atoms with Gasteiger partial charge in [-0.05, 0) is 70.9 Å². The maximum absolute atomic E-state index is 14.2. The minimum atomic E-state index is -3.89. The molecule has 2 aliphatic carbocycles. The predicted octanol–water partition coefficient (Wildman–Crippen LogP) is 2.54. The SMILES string of the molecule is CC(C)(C)OC(=O)N[C@H]1CCCCCCC[C@@H]2C[C@@]2(C(=O)NS(=O)(=O)C2CC2)NC(=O)[C@@H]2C[C@@H](OC(=O)NCc3ccc(F)cn3)CN2C1=O. The monoisotopic (exact) mass is 722 g/mol. The van der Waals surface area contributed by atoms with E-state index in [0.29, 0.717) is 31.4 Å². The number of nitrogens with one attached hydrogen (secondary N) is 4. The Balaban J connectivity index is 1.37. The Morgan fingerprint density at radius 2 is 1.74 bits per heavy atom. The molecule has 0 radical (unpaired) electrons. The Morgan fingerprint density at radius 3 is 2.40 bits per heavy atom. The highest BCUT2D eigenvalue weighted by Gasteiger charge is 2.62. The van der Waals surface area contributed by atoms with Gasteiger partial charge in [-0.2, -0.15) is 0 Å². The molecule has 0 spiro atoms. The molecule has 4 fully saturated rings. The molecule has 4 N–H and O–H groups in total. The number of carbonyl (C=O) groups excluding carboxylic acids is 5. The molecule has 17 heteroatoms. The number of hydrogen-bond acceptors (Lipinski definition) is 10. The molecule has 5 rings (SSSR count). The molecule has 5 amide bonds. The molecule has 0 bridgehead atoms. The van der Waals surface area contributed by atoms with Gasteiger partial charge in [0.15, 0.2) is 0 Å². The van der Waals surface area contributed by atoms with Gasteiger partial charge in [-0.15, -0.1) is 0 Å². The van der Waals surface area contributed by atoms with Gasteiger partial charge < -0.3 is 30.3 Å². The molecule has 2 aliphatic heterocycles. The Bertz CT molecular complexity index is 1570. The molecule has 276 valence electrons. The highest BCUT2D eigenvalue weighted by molar-refractivity contribution is 7.91. The Labute approximate surface area is 291 Å². The number of hydrogen-bond donors (Lipinski definition) is 4.